The Balaban J connectivity index is 1.21. The fourth-order valence-electron chi connectivity index (χ4n) is 4.89. The number of H-pyrrole nitrogens is 1. The lowest BCUT2D eigenvalue weighted by Crippen LogP contribution is -2.33. The number of nitrogen functional groups attached to an aromatic ring is 2. The van der Waals surface area contributed by atoms with E-state index in [0.717, 1.165) is 11.2 Å². The summed E-state index contributed by atoms with van der Waals surface area (Å²) in [5.41, 5.74) is 10.9. The van der Waals surface area contributed by atoms with Crippen LogP contribution in [-0.2, 0) is 37.0 Å². The van der Waals surface area contributed by atoms with Crippen molar-refractivity contribution in [1.82, 2.24) is 34.1 Å². The van der Waals surface area contributed by atoms with E-state index in [1.807, 2.05) is 0 Å². The van der Waals surface area contributed by atoms with Crippen molar-refractivity contribution in [1.29, 1.82) is 0 Å². The van der Waals surface area contributed by atoms with Crippen LogP contribution in [0.5, 0.6) is 0 Å². The number of anilines is 2. The zero-order valence-electron chi connectivity index (χ0n) is 23.2. The van der Waals surface area contributed by atoms with Crippen LogP contribution in [0.1, 0.15) is 18.9 Å². The van der Waals surface area contributed by atoms with Crippen LogP contribution in [0.3, 0.4) is 0 Å². The van der Waals surface area contributed by atoms with Crippen LogP contribution in [0.15, 0.2) is 22.2 Å². The van der Waals surface area contributed by atoms with E-state index in [0.29, 0.717) is 11.3 Å². The molecule has 2 aliphatic heterocycles. The van der Waals surface area contributed by atoms with Gasteiger partial charge in [-0.05, 0) is 0 Å². The molecule has 0 saturated carbocycles. The molecular weight excluding hydrogens is 699 g/mol. The van der Waals surface area contributed by atoms with Crippen LogP contribution in [0.2, 0.25) is 0 Å². The second-order valence-corrected chi connectivity index (χ2v) is 15.8. The topological polar surface area (TPSA) is 281 Å². The summed E-state index contributed by atoms with van der Waals surface area (Å²) in [7, 11) is -4.09. The number of alkyl halides is 1. The molecular formula is C21H24FN9O11P2S2. The van der Waals surface area contributed by atoms with Crippen molar-refractivity contribution in [3.8, 4) is 0 Å². The van der Waals surface area contributed by atoms with E-state index < -0.39 is 80.8 Å². The van der Waals surface area contributed by atoms with Crippen molar-refractivity contribution in [2.45, 2.75) is 43.4 Å². The van der Waals surface area contributed by atoms with E-state index in [9.17, 15) is 28.4 Å². The number of halogens is 1. The van der Waals surface area contributed by atoms with E-state index in [2.05, 4.69) is 37.2 Å². The highest BCUT2D eigenvalue weighted by Crippen LogP contribution is 2.56. The third kappa shape index (κ3) is 6.39. The SMILES string of the molecule is CP(=O)(O)OC[C@H]1O[C@@H](n2c(=O)sc3c(=O)[nH]c(N)nc32)[C@H](OP(=O)(S)OC[C@@H]2C[C@@H](F)[C@H](n3cnc4c(N)ncnc43)O2)C1=O. The van der Waals surface area contributed by atoms with Gasteiger partial charge in [0.1, 0.15) is 28.8 Å². The number of carbonyl (C=O) groups excluding carboxylic acids is 1. The van der Waals surface area contributed by atoms with Crippen LogP contribution in [0.4, 0.5) is 16.2 Å². The van der Waals surface area contributed by atoms with Gasteiger partial charge in [-0.1, -0.05) is 23.6 Å². The molecule has 20 nitrogen and oxygen atoms in total. The first-order valence-corrected chi connectivity index (χ1v) is 18.6. The van der Waals surface area contributed by atoms with E-state index in [1.54, 1.807) is 0 Å². The van der Waals surface area contributed by atoms with Gasteiger partial charge in [0.25, 0.3) is 5.56 Å². The summed E-state index contributed by atoms with van der Waals surface area (Å²) in [5.74, 6) is -1.23. The molecule has 6 heterocycles. The molecule has 0 amide bonds. The molecule has 2 fully saturated rings. The number of rotatable bonds is 10. The van der Waals surface area contributed by atoms with Crippen molar-refractivity contribution >= 4 is 77.0 Å². The van der Waals surface area contributed by atoms with E-state index in [1.165, 1.54) is 17.2 Å². The van der Waals surface area contributed by atoms with Gasteiger partial charge in [0, 0.05) is 13.1 Å². The fraction of sp³-hybridized carbons (Fsp3) is 0.476. The van der Waals surface area contributed by atoms with Crippen LogP contribution in [0, 0.1) is 0 Å². The number of aromatic nitrogens is 7. The number of ketones is 1. The molecule has 0 aliphatic carbocycles. The second-order valence-electron chi connectivity index (χ2n) is 10.1. The first kappa shape index (κ1) is 32.8. The Labute approximate surface area is 264 Å². The predicted octanol–water partition coefficient (Wildman–Crippen LogP) is 0.514. The molecule has 25 heteroatoms. The molecule has 0 bridgehead atoms. The molecule has 0 aromatic carbocycles. The fourth-order valence-corrected chi connectivity index (χ4v) is 7.56. The summed E-state index contributed by atoms with van der Waals surface area (Å²) >= 11 is 4.41. The van der Waals surface area contributed by atoms with Gasteiger partial charge < -0.3 is 30.4 Å². The Morgan fingerprint density at radius 1 is 1.15 bits per heavy atom. The smallest absolute Gasteiger partial charge is 0.382 e. The summed E-state index contributed by atoms with van der Waals surface area (Å²) in [5, 5.41) is 0. The van der Waals surface area contributed by atoms with Gasteiger partial charge in [0.05, 0.1) is 25.6 Å². The number of nitrogens with zero attached hydrogens (tertiary/aromatic N) is 6. The molecule has 4 aromatic heterocycles. The number of carbonyl (C=O) groups is 1. The maximum atomic E-state index is 15.1. The third-order valence-corrected chi connectivity index (χ3v) is 10.0. The molecule has 2 saturated heterocycles. The Kier molecular flexibility index (Phi) is 8.68. The summed E-state index contributed by atoms with van der Waals surface area (Å²) < 4.78 is 69.2. The molecule has 2 aliphatic rings. The van der Waals surface area contributed by atoms with Gasteiger partial charge in [-0.15, -0.1) is 0 Å². The zero-order chi connectivity index (χ0) is 33.1. The van der Waals surface area contributed by atoms with Gasteiger partial charge in [-0.3, -0.25) is 42.1 Å². The number of hydrogen-bond acceptors (Lipinski definition) is 17. The van der Waals surface area contributed by atoms with Crippen molar-refractivity contribution in [3.63, 3.8) is 0 Å². The number of thiol groups is 1. The summed E-state index contributed by atoms with van der Waals surface area (Å²) in [6.45, 7) is -4.92. The predicted molar refractivity (Wildman–Crippen MR) is 160 cm³/mol. The first-order chi connectivity index (χ1) is 21.6. The van der Waals surface area contributed by atoms with Crippen molar-refractivity contribution in [2.24, 2.45) is 0 Å². The molecule has 6 N–H and O–H groups in total. The van der Waals surface area contributed by atoms with Crippen molar-refractivity contribution in [2.75, 3.05) is 31.3 Å². The van der Waals surface area contributed by atoms with E-state index in [-0.39, 0.29) is 39.7 Å². The molecule has 8 atom stereocenters. The number of imidazole rings is 1. The van der Waals surface area contributed by atoms with Crippen LogP contribution >= 0.6 is 38.0 Å². The minimum atomic E-state index is -4.52. The van der Waals surface area contributed by atoms with Crippen LogP contribution < -0.4 is 21.9 Å². The number of aromatic amines is 1. The largest absolute Gasteiger partial charge is 0.387 e. The summed E-state index contributed by atoms with van der Waals surface area (Å²) in [6, 6.07) is 0. The second kappa shape index (κ2) is 12.2. The molecule has 4 aromatic rings. The van der Waals surface area contributed by atoms with Gasteiger partial charge in [0.15, 0.2) is 41.5 Å². The molecule has 2 unspecified atom stereocenters. The Hall–Kier alpha value is -3.11. The molecule has 6 rings (SSSR count). The normalized spacial score (nSPS) is 27.8. The number of hydrogen-bond donors (Lipinski definition) is 5. The monoisotopic (exact) mass is 723 g/mol. The zero-order valence-corrected chi connectivity index (χ0v) is 26.7. The Bertz CT molecular complexity index is 2050. The van der Waals surface area contributed by atoms with Gasteiger partial charge in [0.2, 0.25) is 5.95 Å². The quantitative estimate of drug-likeness (QED) is 0.110. The number of Topliss-reactive ketones (excluding diaryl/α,β-unsaturated/α-hetero) is 1. The third-order valence-electron chi connectivity index (χ3n) is 6.83. The average molecular weight is 724 g/mol. The minimum absolute atomic E-state index is 0.0894. The highest BCUT2D eigenvalue weighted by atomic mass is 32.7. The van der Waals surface area contributed by atoms with Crippen molar-refractivity contribution < 1.29 is 46.3 Å². The highest BCUT2D eigenvalue weighted by Gasteiger charge is 2.50. The molecule has 0 spiro atoms. The maximum absolute atomic E-state index is 15.1. The van der Waals surface area contributed by atoms with Gasteiger partial charge >= 0.3 is 19.3 Å². The maximum Gasteiger partial charge on any atom is 0.387 e. The summed E-state index contributed by atoms with van der Waals surface area (Å²) in [6.07, 6.45) is -6.67. The first-order valence-electron chi connectivity index (χ1n) is 13.0. The number of nitrogens with two attached hydrogens (primary N) is 2. The van der Waals surface area contributed by atoms with Crippen LogP contribution in [0.25, 0.3) is 21.5 Å². The van der Waals surface area contributed by atoms with Crippen molar-refractivity contribution in [3.05, 3.63) is 32.7 Å². The lowest BCUT2D eigenvalue weighted by atomic mass is 10.2. The minimum Gasteiger partial charge on any atom is -0.382 e. The van der Waals surface area contributed by atoms with Gasteiger partial charge in [-0.2, -0.15) is 4.98 Å². The number of fused-ring (bicyclic) bond motifs is 2. The standard InChI is InChI=1S/C21H24FN9O11P2S2/c1-43(35,36)38-4-9-11(32)12(19(41-9)31-16-13(46-21(31)34)17(33)29-20(24)28-16)42-44(37,45)39-3-7-2-8(22)18(40-7)30-6-27-10-14(23)25-5-26-15(10)30/h5-9,12,18-19H,2-4H2,1H3,(H,35,36)(H,37,45)(H2,23,25,26)(H3,24,28,29,33)/t7-,8+,9+,12+,18+,19+,44?/m0/s1. The number of thiazole rings is 1. The van der Waals surface area contributed by atoms with Crippen LogP contribution in [-0.4, -0.2) is 89.1 Å². The van der Waals surface area contributed by atoms with E-state index in [4.69, 9.17) is 34.5 Å². The average Bonchev–Trinajstić information content (AvgIpc) is 3.71. The molecule has 248 valence electrons. The number of nitrogens with one attached hydrogen (secondary N) is 1. The molecule has 0 radical (unpaired) electrons. The lowest BCUT2D eigenvalue weighted by molar-refractivity contribution is -0.127. The Morgan fingerprint density at radius 2 is 1.91 bits per heavy atom. The highest BCUT2D eigenvalue weighted by molar-refractivity contribution is 8.44. The number of ether oxygens (including phenoxy) is 2. The lowest BCUT2D eigenvalue weighted by Gasteiger charge is -2.22. The summed E-state index contributed by atoms with van der Waals surface area (Å²) in [4.78, 5) is 65.6. The Morgan fingerprint density at radius 3 is 2.65 bits per heavy atom. The van der Waals surface area contributed by atoms with E-state index >= 15 is 4.39 Å². The van der Waals surface area contributed by atoms with Gasteiger partial charge in [-0.25, -0.2) is 23.9 Å². The molecule has 46 heavy (non-hydrogen) atoms.